The summed E-state index contributed by atoms with van der Waals surface area (Å²) >= 11 is 0. The van der Waals surface area contributed by atoms with E-state index in [1.54, 1.807) is 0 Å². The molecular formula is C26H26N4. The van der Waals surface area contributed by atoms with Gasteiger partial charge in [-0.25, -0.2) is 0 Å². The van der Waals surface area contributed by atoms with Gasteiger partial charge in [0.25, 0.3) is 0 Å². The van der Waals surface area contributed by atoms with Crippen molar-refractivity contribution >= 4 is 22.7 Å². The summed E-state index contributed by atoms with van der Waals surface area (Å²) in [6.45, 7) is 1.56. The van der Waals surface area contributed by atoms with Gasteiger partial charge >= 0.3 is 0 Å². The van der Waals surface area contributed by atoms with Crippen molar-refractivity contribution in [2.75, 3.05) is 22.1 Å². The third kappa shape index (κ3) is 5.11. The first-order valence-electron chi connectivity index (χ1n) is 10.0. The van der Waals surface area contributed by atoms with Crippen LogP contribution in [-0.4, -0.2) is 0 Å². The van der Waals surface area contributed by atoms with E-state index in [0.29, 0.717) is 0 Å². The third-order valence-corrected chi connectivity index (χ3v) is 5.06. The number of anilines is 4. The number of benzene rings is 4. The van der Waals surface area contributed by atoms with Crippen molar-refractivity contribution in [3.05, 3.63) is 108 Å². The molecule has 0 heterocycles. The Morgan fingerprint density at radius 2 is 0.767 bits per heavy atom. The van der Waals surface area contributed by atoms with Crippen molar-refractivity contribution in [1.82, 2.24) is 0 Å². The second-order valence-electron chi connectivity index (χ2n) is 7.34. The standard InChI is InChI=1S/C26H26N4/c27-23-9-13-25(14-10-23)29-17-19-1-5-21(6-2-19)22-7-3-20(4-8-22)18-30-26-15-11-24(28)12-16-26/h1-16,29-30H,17-18,27-28H2. The van der Waals surface area contributed by atoms with Crippen molar-refractivity contribution in [3.63, 3.8) is 0 Å². The Labute approximate surface area is 177 Å². The number of nitrogens with two attached hydrogens (primary N) is 2. The van der Waals surface area contributed by atoms with E-state index in [4.69, 9.17) is 11.5 Å². The Morgan fingerprint density at radius 1 is 0.433 bits per heavy atom. The molecule has 0 saturated heterocycles. The molecule has 4 rings (SSSR count). The van der Waals surface area contributed by atoms with E-state index < -0.39 is 0 Å². The van der Waals surface area contributed by atoms with Crippen LogP contribution < -0.4 is 22.1 Å². The summed E-state index contributed by atoms with van der Waals surface area (Å²) in [5.41, 5.74) is 20.0. The van der Waals surface area contributed by atoms with Gasteiger partial charge in [0.1, 0.15) is 0 Å². The van der Waals surface area contributed by atoms with E-state index >= 15 is 0 Å². The SMILES string of the molecule is Nc1ccc(NCc2ccc(-c3ccc(CNc4ccc(N)cc4)cc3)cc2)cc1. The number of nitrogen functional groups attached to an aromatic ring is 2. The maximum atomic E-state index is 5.73. The Balaban J connectivity index is 1.33. The molecule has 0 radical (unpaired) electrons. The first kappa shape index (κ1) is 19.4. The summed E-state index contributed by atoms with van der Waals surface area (Å²) in [5, 5.41) is 6.83. The lowest BCUT2D eigenvalue weighted by Crippen LogP contribution is -2.00. The number of hydrogen-bond donors (Lipinski definition) is 4. The predicted octanol–water partition coefficient (Wildman–Crippen LogP) is 5.74. The summed E-state index contributed by atoms with van der Waals surface area (Å²) in [6.07, 6.45) is 0. The average Bonchev–Trinajstić information content (AvgIpc) is 2.79. The van der Waals surface area contributed by atoms with Crippen molar-refractivity contribution in [2.24, 2.45) is 0 Å². The highest BCUT2D eigenvalue weighted by molar-refractivity contribution is 5.64. The number of hydrogen-bond acceptors (Lipinski definition) is 4. The number of rotatable bonds is 7. The van der Waals surface area contributed by atoms with Crippen LogP contribution in [0.2, 0.25) is 0 Å². The first-order valence-corrected chi connectivity index (χ1v) is 10.0. The second-order valence-corrected chi connectivity index (χ2v) is 7.34. The van der Waals surface area contributed by atoms with E-state index in [2.05, 4.69) is 59.2 Å². The highest BCUT2D eigenvalue weighted by atomic mass is 14.9. The van der Waals surface area contributed by atoms with Gasteiger partial charge in [0.2, 0.25) is 0 Å². The highest BCUT2D eigenvalue weighted by Gasteiger charge is 2.01. The van der Waals surface area contributed by atoms with Gasteiger partial charge in [-0.3, -0.25) is 0 Å². The minimum Gasteiger partial charge on any atom is -0.399 e. The Kier molecular flexibility index (Phi) is 5.85. The first-order chi connectivity index (χ1) is 14.7. The molecule has 30 heavy (non-hydrogen) atoms. The molecule has 0 aliphatic heterocycles. The predicted molar refractivity (Wildman–Crippen MR) is 128 cm³/mol. The lowest BCUT2D eigenvalue weighted by molar-refractivity contribution is 1.15. The smallest absolute Gasteiger partial charge is 0.0400 e. The lowest BCUT2D eigenvalue weighted by Gasteiger charge is -2.09. The topological polar surface area (TPSA) is 76.1 Å². The van der Waals surface area contributed by atoms with Crippen molar-refractivity contribution in [2.45, 2.75) is 13.1 Å². The van der Waals surface area contributed by atoms with Gasteiger partial charge in [0, 0.05) is 35.8 Å². The summed E-state index contributed by atoms with van der Waals surface area (Å²) in [5.74, 6) is 0. The molecule has 6 N–H and O–H groups in total. The Bertz CT molecular complexity index is 977. The summed E-state index contributed by atoms with van der Waals surface area (Å²) in [4.78, 5) is 0. The molecule has 0 spiro atoms. The highest BCUT2D eigenvalue weighted by Crippen LogP contribution is 2.22. The molecule has 4 aromatic rings. The molecule has 4 nitrogen and oxygen atoms in total. The van der Waals surface area contributed by atoms with Crippen LogP contribution in [0.1, 0.15) is 11.1 Å². The third-order valence-electron chi connectivity index (χ3n) is 5.06. The summed E-state index contributed by atoms with van der Waals surface area (Å²) in [7, 11) is 0. The molecule has 0 unspecified atom stereocenters. The van der Waals surface area contributed by atoms with Crippen LogP contribution in [0.5, 0.6) is 0 Å². The minimum atomic E-state index is 0.775. The maximum Gasteiger partial charge on any atom is 0.0400 e. The monoisotopic (exact) mass is 394 g/mol. The Morgan fingerprint density at radius 3 is 1.10 bits per heavy atom. The van der Waals surface area contributed by atoms with Crippen LogP contribution in [0, 0.1) is 0 Å². The molecule has 0 aliphatic carbocycles. The second kappa shape index (κ2) is 9.05. The molecule has 0 bridgehead atoms. The zero-order valence-corrected chi connectivity index (χ0v) is 16.8. The molecule has 4 heteroatoms. The average molecular weight is 395 g/mol. The van der Waals surface area contributed by atoms with Crippen LogP contribution in [0.15, 0.2) is 97.1 Å². The van der Waals surface area contributed by atoms with E-state index in [0.717, 1.165) is 35.8 Å². The van der Waals surface area contributed by atoms with Gasteiger partial charge in [0.15, 0.2) is 0 Å². The fourth-order valence-electron chi connectivity index (χ4n) is 3.24. The van der Waals surface area contributed by atoms with E-state index in [-0.39, 0.29) is 0 Å². The molecule has 0 fully saturated rings. The molecule has 0 amide bonds. The normalized spacial score (nSPS) is 10.5. The maximum absolute atomic E-state index is 5.73. The minimum absolute atomic E-state index is 0.775. The van der Waals surface area contributed by atoms with E-state index in [1.807, 2.05) is 48.5 Å². The van der Waals surface area contributed by atoms with Crippen LogP contribution in [0.3, 0.4) is 0 Å². The fourth-order valence-corrected chi connectivity index (χ4v) is 3.24. The van der Waals surface area contributed by atoms with Crippen LogP contribution in [0.4, 0.5) is 22.7 Å². The molecule has 0 saturated carbocycles. The van der Waals surface area contributed by atoms with Gasteiger partial charge in [-0.2, -0.15) is 0 Å². The molecule has 150 valence electrons. The molecule has 0 aromatic heterocycles. The zero-order valence-electron chi connectivity index (χ0n) is 16.8. The van der Waals surface area contributed by atoms with Gasteiger partial charge in [-0.15, -0.1) is 0 Å². The summed E-state index contributed by atoms with van der Waals surface area (Å²) < 4.78 is 0. The van der Waals surface area contributed by atoms with Crippen LogP contribution in [0.25, 0.3) is 11.1 Å². The van der Waals surface area contributed by atoms with E-state index in [9.17, 15) is 0 Å². The molecular weight excluding hydrogens is 368 g/mol. The lowest BCUT2D eigenvalue weighted by atomic mass is 10.0. The molecule has 4 aromatic carbocycles. The fraction of sp³-hybridized carbons (Fsp3) is 0.0769. The Hall–Kier alpha value is -3.92. The van der Waals surface area contributed by atoms with E-state index in [1.165, 1.54) is 22.3 Å². The van der Waals surface area contributed by atoms with Gasteiger partial charge in [-0.1, -0.05) is 48.5 Å². The van der Waals surface area contributed by atoms with Crippen LogP contribution in [-0.2, 0) is 13.1 Å². The van der Waals surface area contributed by atoms with Gasteiger partial charge in [-0.05, 0) is 70.8 Å². The van der Waals surface area contributed by atoms with Gasteiger partial charge in [0.05, 0.1) is 0 Å². The van der Waals surface area contributed by atoms with Crippen molar-refractivity contribution in [3.8, 4) is 11.1 Å². The van der Waals surface area contributed by atoms with Crippen LogP contribution >= 0.6 is 0 Å². The summed E-state index contributed by atoms with van der Waals surface area (Å²) in [6, 6.07) is 32.9. The molecule has 0 aliphatic rings. The quantitative estimate of drug-likeness (QED) is 0.301. The number of nitrogens with one attached hydrogen (secondary N) is 2. The molecule has 0 atom stereocenters. The van der Waals surface area contributed by atoms with Crippen molar-refractivity contribution < 1.29 is 0 Å². The van der Waals surface area contributed by atoms with Gasteiger partial charge < -0.3 is 22.1 Å². The zero-order chi connectivity index (χ0) is 20.8. The van der Waals surface area contributed by atoms with Crippen molar-refractivity contribution in [1.29, 1.82) is 0 Å². The largest absolute Gasteiger partial charge is 0.399 e.